The number of hydrogen-bond donors (Lipinski definition) is 1. The second-order valence-electron chi connectivity index (χ2n) is 4.61. The van der Waals surface area contributed by atoms with Gasteiger partial charge in [0, 0.05) is 25.7 Å². The summed E-state index contributed by atoms with van der Waals surface area (Å²) in [5.41, 5.74) is 0.613. The third kappa shape index (κ3) is 5.43. The van der Waals surface area contributed by atoms with Crippen molar-refractivity contribution in [3.63, 3.8) is 0 Å². The van der Waals surface area contributed by atoms with Crippen molar-refractivity contribution < 1.29 is 4.39 Å². The molecule has 0 spiro atoms. The minimum Gasteiger partial charge on any atom is -0.357 e. The Morgan fingerprint density at radius 1 is 1.45 bits per heavy atom. The Kier molecular flexibility index (Phi) is 7.40. The molecular formula is C16H24FN3. The van der Waals surface area contributed by atoms with E-state index in [2.05, 4.69) is 21.8 Å². The Morgan fingerprint density at radius 3 is 2.85 bits per heavy atom. The summed E-state index contributed by atoms with van der Waals surface area (Å²) in [6.07, 6.45) is 3.93. The Morgan fingerprint density at radius 2 is 2.20 bits per heavy atom. The van der Waals surface area contributed by atoms with E-state index in [0.717, 1.165) is 31.9 Å². The lowest BCUT2D eigenvalue weighted by molar-refractivity contribution is 0.469. The maximum Gasteiger partial charge on any atom is 0.193 e. The van der Waals surface area contributed by atoms with Crippen molar-refractivity contribution in [1.29, 1.82) is 0 Å². The summed E-state index contributed by atoms with van der Waals surface area (Å²) in [6.45, 7) is 7.78. The first kappa shape index (κ1) is 16.2. The average molecular weight is 277 g/mol. The molecule has 0 saturated heterocycles. The van der Waals surface area contributed by atoms with Gasteiger partial charge in [-0.1, -0.05) is 24.3 Å². The number of halogens is 1. The number of aliphatic imine (C=N–C) groups is 1. The van der Waals surface area contributed by atoms with E-state index in [1.807, 2.05) is 26.1 Å². The van der Waals surface area contributed by atoms with Crippen LogP contribution >= 0.6 is 0 Å². The third-order valence-electron chi connectivity index (χ3n) is 2.96. The molecule has 0 fully saturated rings. The zero-order chi connectivity index (χ0) is 14.8. The number of nitrogens with zero attached hydrogens (tertiary/aromatic N) is 2. The molecule has 110 valence electrons. The fourth-order valence-corrected chi connectivity index (χ4v) is 1.84. The van der Waals surface area contributed by atoms with Gasteiger partial charge in [-0.25, -0.2) is 9.38 Å². The van der Waals surface area contributed by atoms with Crippen molar-refractivity contribution in [3.8, 4) is 0 Å². The number of allylic oxidation sites excluding steroid dienone is 1. The van der Waals surface area contributed by atoms with Gasteiger partial charge in [-0.3, -0.25) is 0 Å². The molecule has 0 amide bonds. The molecule has 0 atom stereocenters. The summed E-state index contributed by atoms with van der Waals surface area (Å²) in [4.78, 5) is 6.55. The Bertz CT molecular complexity index is 443. The fourth-order valence-electron chi connectivity index (χ4n) is 1.84. The van der Waals surface area contributed by atoms with Gasteiger partial charge in [0.15, 0.2) is 5.96 Å². The van der Waals surface area contributed by atoms with E-state index in [0.29, 0.717) is 12.1 Å². The Labute approximate surface area is 121 Å². The quantitative estimate of drug-likeness (QED) is 0.359. The average Bonchev–Trinajstić information content (AvgIpc) is 2.45. The van der Waals surface area contributed by atoms with Crippen LogP contribution in [0, 0.1) is 5.82 Å². The molecule has 0 aromatic heterocycles. The Balaban J connectivity index is 2.66. The summed E-state index contributed by atoms with van der Waals surface area (Å²) in [5, 5.41) is 3.23. The largest absolute Gasteiger partial charge is 0.357 e. The van der Waals surface area contributed by atoms with Gasteiger partial charge in [0.1, 0.15) is 5.82 Å². The molecule has 0 aliphatic carbocycles. The molecule has 0 radical (unpaired) electrons. The maximum atomic E-state index is 13.6. The van der Waals surface area contributed by atoms with E-state index in [-0.39, 0.29) is 5.82 Å². The summed E-state index contributed by atoms with van der Waals surface area (Å²) in [7, 11) is 1.99. The number of nitrogens with one attached hydrogen (secondary N) is 1. The third-order valence-corrected chi connectivity index (χ3v) is 2.96. The highest BCUT2D eigenvalue weighted by molar-refractivity contribution is 5.79. The second-order valence-corrected chi connectivity index (χ2v) is 4.61. The van der Waals surface area contributed by atoms with Crippen LogP contribution in [0.5, 0.6) is 0 Å². The monoisotopic (exact) mass is 277 g/mol. The zero-order valence-electron chi connectivity index (χ0n) is 12.4. The lowest BCUT2D eigenvalue weighted by atomic mass is 10.2. The van der Waals surface area contributed by atoms with Gasteiger partial charge < -0.3 is 10.2 Å². The molecule has 1 aromatic rings. The molecule has 0 unspecified atom stereocenters. The molecule has 0 bridgehead atoms. The predicted molar refractivity (Wildman–Crippen MR) is 83.3 cm³/mol. The molecule has 20 heavy (non-hydrogen) atoms. The predicted octanol–water partition coefficient (Wildman–Crippen LogP) is 3.19. The van der Waals surface area contributed by atoms with Crippen LogP contribution in [0.4, 0.5) is 4.39 Å². The lowest BCUT2D eigenvalue weighted by Crippen LogP contribution is -2.39. The van der Waals surface area contributed by atoms with Gasteiger partial charge in [0.2, 0.25) is 0 Å². The molecule has 1 rings (SSSR count). The Hall–Kier alpha value is -1.84. The lowest BCUT2D eigenvalue weighted by Gasteiger charge is -2.21. The molecule has 1 aromatic carbocycles. The number of hydrogen-bond acceptors (Lipinski definition) is 1. The smallest absolute Gasteiger partial charge is 0.193 e. The highest BCUT2D eigenvalue weighted by Crippen LogP contribution is 2.07. The second kappa shape index (κ2) is 9.13. The minimum atomic E-state index is -0.207. The molecule has 3 nitrogen and oxygen atoms in total. The van der Waals surface area contributed by atoms with Gasteiger partial charge in [-0.05, 0) is 25.8 Å². The fraction of sp³-hybridized carbons (Fsp3) is 0.438. The maximum absolute atomic E-state index is 13.6. The van der Waals surface area contributed by atoms with Crippen LogP contribution in [-0.2, 0) is 6.54 Å². The van der Waals surface area contributed by atoms with Crippen LogP contribution in [0.2, 0.25) is 0 Å². The van der Waals surface area contributed by atoms with E-state index < -0.39 is 0 Å². The van der Waals surface area contributed by atoms with Crippen molar-refractivity contribution in [2.75, 3.05) is 20.1 Å². The van der Waals surface area contributed by atoms with Crippen LogP contribution in [0.15, 0.2) is 41.9 Å². The molecule has 1 N–H and O–H groups in total. The van der Waals surface area contributed by atoms with Crippen LogP contribution in [0.25, 0.3) is 0 Å². The molecule has 0 aliphatic heterocycles. The van der Waals surface area contributed by atoms with Crippen molar-refractivity contribution in [1.82, 2.24) is 10.2 Å². The van der Waals surface area contributed by atoms with Gasteiger partial charge in [0.25, 0.3) is 0 Å². The van der Waals surface area contributed by atoms with E-state index in [1.165, 1.54) is 6.07 Å². The van der Waals surface area contributed by atoms with E-state index in [1.54, 1.807) is 12.1 Å². The summed E-state index contributed by atoms with van der Waals surface area (Å²) >= 11 is 0. The van der Waals surface area contributed by atoms with E-state index >= 15 is 0 Å². The number of benzene rings is 1. The molecule has 4 heteroatoms. The van der Waals surface area contributed by atoms with E-state index in [9.17, 15) is 4.39 Å². The minimum absolute atomic E-state index is 0.207. The standard InChI is InChI=1S/C16H24FN3/c1-4-6-9-12-20(3)16(18-5-2)19-13-14-10-7-8-11-15(14)17/h4,7-8,10-11H,1,5-6,9,12-13H2,2-3H3,(H,18,19). The molecule has 0 saturated carbocycles. The van der Waals surface area contributed by atoms with Crippen molar-refractivity contribution in [2.24, 2.45) is 4.99 Å². The van der Waals surface area contributed by atoms with Crippen LogP contribution < -0.4 is 5.32 Å². The first-order valence-corrected chi connectivity index (χ1v) is 7.02. The van der Waals surface area contributed by atoms with Gasteiger partial charge in [-0.15, -0.1) is 6.58 Å². The van der Waals surface area contributed by atoms with Gasteiger partial charge in [-0.2, -0.15) is 0 Å². The van der Waals surface area contributed by atoms with Gasteiger partial charge in [0.05, 0.1) is 6.54 Å². The van der Waals surface area contributed by atoms with Gasteiger partial charge >= 0.3 is 0 Å². The van der Waals surface area contributed by atoms with Crippen LogP contribution in [-0.4, -0.2) is 31.0 Å². The first-order chi connectivity index (χ1) is 9.69. The van der Waals surface area contributed by atoms with Crippen molar-refractivity contribution in [2.45, 2.75) is 26.3 Å². The molecule has 0 heterocycles. The topological polar surface area (TPSA) is 27.6 Å². The number of rotatable bonds is 7. The summed E-state index contributed by atoms with van der Waals surface area (Å²) in [5.74, 6) is 0.598. The molecular weight excluding hydrogens is 253 g/mol. The normalized spacial score (nSPS) is 11.2. The van der Waals surface area contributed by atoms with Crippen LogP contribution in [0.3, 0.4) is 0 Å². The van der Waals surface area contributed by atoms with Crippen molar-refractivity contribution >= 4 is 5.96 Å². The molecule has 0 aliphatic rings. The van der Waals surface area contributed by atoms with Crippen molar-refractivity contribution in [3.05, 3.63) is 48.3 Å². The number of unbranched alkanes of at least 4 members (excludes halogenated alkanes) is 1. The highest BCUT2D eigenvalue weighted by atomic mass is 19.1. The van der Waals surface area contributed by atoms with Crippen LogP contribution in [0.1, 0.15) is 25.3 Å². The SMILES string of the molecule is C=CCCCN(C)C(=NCc1ccccc1F)NCC. The first-order valence-electron chi connectivity index (χ1n) is 7.02. The number of guanidine groups is 1. The zero-order valence-corrected chi connectivity index (χ0v) is 12.4. The summed E-state index contributed by atoms with van der Waals surface area (Å²) in [6, 6.07) is 6.75. The summed E-state index contributed by atoms with van der Waals surface area (Å²) < 4.78 is 13.6. The van der Waals surface area contributed by atoms with E-state index in [4.69, 9.17) is 0 Å². The highest BCUT2D eigenvalue weighted by Gasteiger charge is 2.06.